The highest BCUT2D eigenvalue weighted by atomic mass is 35.5. The fourth-order valence-corrected chi connectivity index (χ4v) is 3.92. The summed E-state index contributed by atoms with van der Waals surface area (Å²) in [4.78, 5) is 14.2. The van der Waals surface area contributed by atoms with Crippen molar-refractivity contribution in [1.82, 2.24) is 10.3 Å². The van der Waals surface area contributed by atoms with Crippen molar-refractivity contribution in [1.29, 1.82) is 0 Å². The second-order valence-electron chi connectivity index (χ2n) is 7.64. The summed E-state index contributed by atoms with van der Waals surface area (Å²) in [5.41, 5.74) is 5.04. The van der Waals surface area contributed by atoms with Gasteiger partial charge in [0, 0.05) is 34.3 Å². The highest BCUT2D eigenvalue weighted by molar-refractivity contribution is 6.35. The molecule has 9 heteroatoms. The normalized spacial score (nSPS) is 14.2. The lowest BCUT2D eigenvalue weighted by Gasteiger charge is -2.25. The molecular weight excluding hydrogens is 477 g/mol. The van der Waals surface area contributed by atoms with Crippen molar-refractivity contribution in [3.63, 3.8) is 0 Å². The largest absolute Gasteiger partial charge is 0.490 e. The minimum atomic E-state index is -0.172. The fourth-order valence-electron chi connectivity index (χ4n) is 3.46. The van der Waals surface area contributed by atoms with Crippen LogP contribution in [0.4, 0.5) is 0 Å². The summed E-state index contributed by atoms with van der Waals surface area (Å²) in [6.07, 6.45) is 3.94. The summed E-state index contributed by atoms with van der Waals surface area (Å²) in [5, 5.41) is 5.22. The van der Waals surface area contributed by atoms with E-state index in [0.717, 1.165) is 29.8 Å². The Kier molecular flexibility index (Phi) is 10.2. The Hall–Kier alpha value is -2.58. The molecular formula is C25H29Cl2N3O4. The first-order valence-electron chi connectivity index (χ1n) is 11.1. The second-order valence-corrected chi connectivity index (χ2v) is 8.48. The van der Waals surface area contributed by atoms with Crippen molar-refractivity contribution in [2.45, 2.75) is 20.0 Å². The minimum absolute atomic E-state index is 0.172. The molecule has 0 atom stereocenters. The number of rotatable bonds is 11. The van der Waals surface area contributed by atoms with Crippen molar-refractivity contribution < 1.29 is 19.0 Å². The Morgan fingerprint density at radius 3 is 2.71 bits per heavy atom. The minimum Gasteiger partial charge on any atom is -0.490 e. The highest BCUT2D eigenvalue weighted by Crippen LogP contribution is 2.35. The number of ether oxygens (including phenoxy) is 3. The van der Waals surface area contributed by atoms with E-state index < -0.39 is 0 Å². The molecule has 1 amide bonds. The molecule has 1 saturated heterocycles. The molecule has 7 nitrogen and oxygen atoms in total. The number of halogens is 2. The molecule has 0 spiro atoms. The molecule has 1 N–H and O–H groups in total. The van der Waals surface area contributed by atoms with Crippen LogP contribution in [0.3, 0.4) is 0 Å². The van der Waals surface area contributed by atoms with Gasteiger partial charge < -0.3 is 14.2 Å². The van der Waals surface area contributed by atoms with Crippen LogP contribution in [0.25, 0.3) is 0 Å². The van der Waals surface area contributed by atoms with Crippen LogP contribution < -0.4 is 14.9 Å². The van der Waals surface area contributed by atoms with E-state index in [9.17, 15) is 4.79 Å². The van der Waals surface area contributed by atoms with Gasteiger partial charge in [-0.2, -0.15) is 5.10 Å². The maximum absolute atomic E-state index is 12.2. The fraction of sp³-hybridized carbons (Fsp3) is 0.360. The maximum atomic E-state index is 12.2. The monoisotopic (exact) mass is 505 g/mol. The van der Waals surface area contributed by atoms with Gasteiger partial charge in [-0.25, -0.2) is 5.43 Å². The van der Waals surface area contributed by atoms with Crippen molar-refractivity contribution in [2.24, 2.45) is 5.10 Å². The van der Waals surface area contributed by atoms with E-state index in [2.05, 4.69) is 17.1 Å². The zero-order chi connectivity index (χ0) is 24.3. The number of allylic oxidation sites excluding steroid dienone is 1. The first-order chi connectivity index (χ1) is 16.5. The number of nitrogens with one attached hydrogen (secondary N) is 1. The number of morpholine rings is 1. The standard InChI is InChI=1S/C25H29Cl2N3O4/c1-3-5-19-12-18(15-28-29-24(31)16-30-8-10-32-11-9-30)13-23(33-4-2)25(19)34-17-20-6-7-21(26)14-22(20)27/h3,6-7,12-15H,1,4-5,8-11,16-17H2,2H3,(H,29,31)/b28-15+. The van der Waals surface area contributed by atoms with Crippen LogP contribution in [0.1, 0.15) is 23.6 Å². The summed E-state index contributed by atoms with van der Waals surface area (Å²) in [6.45, 7) is 9.51. The number of carbonyl (C=O) groups excluding carboxylic acids is 1. The zero-order valence-corrected chi connectivity index (χ0v) is 20.7. The van der Waals surface area contributed by atoms with Crippen LogP contribution in [0.5, 0.6) is 11.5 Å². The number of amides is 1. The van der Waals surface area contributed by atoms with Crippen LogP contribution in [0.2, 0.25) is 10.0 Å². The summed E-state index contributed by atoms with van der Waals surface area (Å²) >= 11 is 12.3. The molecule has 182 valence electrons. The number of benzene rings is 2. The number of carbonyl (C=O) groups is 1. The van der Waals surface area contributed by atoms with E-state index in [1.54, 1.807) is 24.4 Å². The van der Waals surface area contributed by atoms with E-state index in [4.69, 9.17) is 37.4 Å². The van der Waals surface area contributed by atoms with Gasteiger partial charge in [0.15, 0.2) is 11.5 Å². The molecule has 0 bridgehead atoms. The van der Waals surface area contributed by atoms with Crippen LogP contribution >= 0.6 is 23.2 Å². The Morgan fingerprint density at radius 2 is 2.00 bits per heavy atom. The third-order valence-electron chi connectivity index (χ3n) is 5.08. The lowest BCUT2D eigenvalue weighted by Crippen LogP contribution is -2.42. The molecule has 34 heavy (non-hydrogen) atoms. The third-order valence-corrected chi connectivity index (χ3v) is 5.67. The Labute approximate surface area is 210 Å². The van der Waals surface area contributed by atoms with Crippen LogP contribution in [0, 0.1) is 0 Å². The maximum Gasteiger partial charge on any atom is 0.254 e. The molecule has 0 aliphatic carbocycles. The molecule has 0 saturated carbocycles. The average molecular weight is 506 g/mol. The summed E-state index contributed by atoms with van der Waals surface area (Å²) < 4.78 is 17.3. The van der Waals surface area contributed by atoms with Gasteiger partial charge in [0.1, 0.15) is 6.61 Å². The van der Waals surface area contributed by atoms with Gasteiger partial charge in [0.25, 0.3) is 5.91 Å². The van der Waals surface area contributed by atoms with E-state index in [1.807, 2.05) is 30.0 Å². The summed E-state index contributed by atoms with van der Waals surface area (Å²) in [5.74, 6) is 1.02. The quantitative estimate of drug-likeness (QED) is 0.277. The third kappa shape index (κ3) is 7.74. The van der Waals surface area contributed by atoms with Gasteiger partial charge >= 0.3 is 0 Å². The predicted octanol–water partition coefficient (Wildman–Crippen LogP) is 4.48. The van der Waals surface area contributed by atoms with Gasteiger partial charge in [-0.1, -0.05) is 35.3 Å². The van der Waals surface area contributed by atoms with Crippen LogP contribution in [-0.4, -0.2) is 56.5 Å². The molecule has 1 fully saturated rings. The molecule has 1 aliphatic heterocycles. The second kappa shape index (κ2) is 13.3. The predicted molar refractivity (Wildman–Crippen MR) is 135 cm³/mol. The molecule has 0 unspecified atom stereocenters. The summed E-state index contributed by atoms with van der Waals surface area (Å²) in [6, 6.07) is 9.04. The first-order valence-corrected chi connectivity index (χ1v) is 11.8. The number of nitrogens with zero attached hydrogens (tertiary/aromatic N) is 2. The number of hydrazone groups is 1. The van der Waals surface area contributed by atoms with Gasteiger partial charge in [-0.15, -0.1) is 6.58 Å². The lowest BCUT2D eigenvalue weighted by molar-refractivity contribution is -0.123. The van der Waals surface area contributed by atoms with Crippen LogP contribution in [0.15, 0.2) is 48.1 Å². The van der Waals surface area contributed by atoms with Gasteiger partial charge in [0.2, 0.25) is 0 Å². The van der Waals surface area contributed by atoms with E-state index >= 15 is 0 Å². The highest BCUT2D eigenvalue weighted by Gasteiger charge is 2.15. The number of hydrogen-bond acceptors (Lipinski definition) is 6. The average Bonchev–Trinajstić information content (AvgIpc) is 2.81. The van der Waals surface area contributed by atoms with Gasteiger partial charge in [-0.05, 0) is 43.2 Å². The smallest absolute Gasteiger partial charge is 0.254 e. The lowest BCUT2D eigenvalue weighted by atomic mass is 10.1. The summed E-state index contributed by atoms with van der Waals surface area (Å²) in [7, 11) is 0. The first kappa shape index (κ1) is 26.0. The molecule has 2 aromatic carbocycles. The topological polar surface area (TPSA) is 72.4 Å². The SMILES string of the molecule is C=CCc1cc(/C=N/NC(=O)CN2CCOCC2)cc(OCC)c1OCc1ccc(Cl)cc1Cl. The van der Waals surface area contributed by atoms with Crippen molar-refractivity contribution in [3.8, 4) is 11.5 Å². The Balaban J connectivity index is 1.73. The van der Waals surface area contributed by atoms with Gasteiger partial charge in [-0.3, -0.25) is 9.69 Å². The Morgan fingerprint density at radius 1 is 1.21 bits per heavy atom. The van der Waals surface area contributed by atoms with Crippen LogP contribution in [-0.2, 0) is 22.6 Å². The molecule has 2 aromatic rings. The van der Waals surface area contributed by atoms with Crippen molar-refractivity contribution >= 4 is 35.3 Å². The molecule has 1 aliphatic rings. The molecule has 0 radical (unpaired) electrons. The van der Waals surface area contributed by atoms with E-state index in [-0.39, 0.29) is 19.1 Å². The number of hydrogen-bond donors (Lipinski definition) is 1. The molecule has 3 rings (SSSR count). The Bertz CT molecular complexity index is 1020. The van der Waals surface area contributed by atoms with Crippen molar-refractivity contribution in [3.05, 3.63) is 69.7 Å². The molecule has 1 heterocycles. The van der Waals surface area contributed by atoms with E-state index in [1.165, 1.54) is 0 Å². The van der Waals surface area contributed by atoms with Gasteiger partial charge in [0.05, 0.1) is 32.6 Å². The molecule has 0 aromatic heterocycles. The van der Waals surface area contributed by atoms with Crippen molar-refractivity contribution in [2.75, 3.05) is 39.5 Å². The van der Waals surface area contributed by atoms with E-state index in [0.29, 0.717) is 47.8 Å². The zero-order valence-electron chi connectivity index (χ0n) is 19.2.